The predicted octanol–water partition coefficient (Wildman–Crippen LogP) is 2.97. The van der Waals surface area contributed by atoms with Gasteiger partial charge in [0.1, 0.15) is 0 Å². The van der Waals surface area contributed by atoms with E-state index in [4.69, 9.17) is 48.0 Å². The van der Waals surface area contributed by atoms with Crippen molar-refractivity contribution >= 4 is 17.9 Å². The van der Waals surface area contributed by atoms with Gasteiger partial charge in [-0.1, -0.05) is 24.8 Å². The molecule has 0 bridgehead atoms. The van der Waals surface area contributed by atoms with Gasteiger partial charge in [-0.25, -0.2) is 9.97 Å². The van der Waals surface area contributed by atoms with Crippen molar-refractivity contribution in [2.75, 3.05) is 26.2 Å². The van der Waals surface area contributed by atoms with Gasteiger partial charge < -0.3 is 53.0 Å². The van der Waals surface area contributed by atoms with E-state index in [0.717, 1.165) is 50.9 Å². The third kappa shape index (κ3) is 10.6. The topological polar surface area (TPSA) is 276 Å². The van der Waals surface area contributed by atoms with E-state index in [0.29, 0.717) is 74.6 Å². The molecule has 0 fully saturated rings. The third-order valence-corrected chi connectivity index (χ3v) is 8.00. The Morgan fingerprint density at radius 1 is 0.538 bits per heavy atom. The first kappa shape index (κ1) is 36.5. The molecule has 15 heteroatoms. The molecular formula is C37H45N13O2. The molecule has 5 rings (SSSR count). The number of benzene rings is 3. The standard InChI is InChI=1S/C37H45N13O2/c1-22(38)45-9-5-23-13-24(6-10-46-35(39)40)16-29(15-23)31-20-49-33(51-31)27-3-2-4-28(19-27)34-50-21-32(52-34)30-17-25(7-11-47-36(41)42)14-26(18-30)8-12-48-37(43)44/h2-4,13-21,45H,1,5-12,38H2,(H4,39,40,46)(H4,41,42,47)(H4,43,44,48). The van der Waals surface area contributed by atoms with Crippen LogP contribution in [0.3, 0.4) is 0 Å². The minimum Gasteiger partial charge on any atom is -0.436 e. The van der Waals surface area contributed by atoms with Crippen LogP contribution < -0.4 is 44.2 Å². The first-order chi connectivity index (χ1) is 25.0. The molecule has 0 spiro atoms. The molecule has 270 valence electrons. The first-order valence-electron chi connectivity index (χ1n) is 16.7. The Balaban J connectivity index is 1.37. The summed E-state index contributed by atoms with van der Waals surface area (Å²) in [7, 11) is 0. The molecule has 0 radical (unpaired) electrons. The van der Waals surface area contributed by atoms with Gasteiger partial charge in [-0.05, 0) is 90.4 Å². The maximum atomic E-state index is 7.47. The molecule has 0 aliphatic heterocycles. The van der Waals surface area contributed by atoms with E-state index in [1.807, 2.05) is 36.4 Å². The smallest absolute Gasteiger partial charge is 0.226 e. The molecule has 3 aromatic carbocycles. The van der Waals surface area contributed by atoms with Crippen LogP contribution in [0.2, 0.25) is 0 Å². The SMILES string of the molecule is C=C(N)NCCc1cc(CCNC(=N)N)cc(-c2cnc(-c3cccc(-c4ncc(-c5cc(CCNC(=N)N)cc(CCNC(=N)N)c5)o4)c3)o2)c1. The number of hydrogen-bond donors (Lipinski definition) is 11. The molecule has 15 N–H and O–H groups in total. The largest absolute Gasteiger partial charge is 0.436 e. The van der Waals surface area contributed by atoms with Gasteiger partial charge in [0, 0.05) is 48.4 Å². The van der Waals surface area contributed by atoms with Crippen molar-refractivity contribution in [1.29, 1.82) is 16.2 Å². The van der Waals surface area contributed by atoms with Crippen molar-refractivity contribution < 1.29 is 8.83 Å². The second-order valence-electron chi connectivity index (χ2n) is 12.2. The van der Waals surface area contributed by atoms with Gasteiger partial charge in [0.05, 0.1) is 18.2 Å². The number of nitrogens with zero attached hydrogens (tertiary/aromatic N) is 2. The van der Waals surface area contributed by atoms with E-state index in [2.05, 4.69) is 62.1 Å². The quantitative estimate of drug-likeness (QED) is 0.0493. The van der Waals surface area contributed by atoms with Gasteiger partial charge >= 0.3 is 0 Å². The fourth-order valence-corrected chi connectivity index (χ4v) is 5.65. The Bertz CT molecular complexity index is 1830. The van der Waals surface area contributed by atoms with Gasteiger partial charge in [0.2, 0.25) is 11.8 Å². The first-order valence-corrected chi connectivity index (χ1v) is 16.7. The lowest BCUT2D eigenvalue weighted by Crippen LogP contribution is -2.32. The van der Waals surface area contributed by atoms with E-state index < -0.39 is 0 Å². The number of nitrogens with two attached hydrogens (primary N) is 4. The molecule has 0 amide bonds. The fraction of sp³-hybridized carbons (Fsp3) is 0.216. The summed E-state index contributed by atoms with van der Waals surface area (Å²) in [5, 5.41) is 34.0. The summed E-state index contributed by atoms with van der Waals surface area (Å²) >= 11 is 0. The molecule has 2 heterocycles. The van der Waals surface area contributed by atoms with Crippen molar-refractivity contribution in [3.63, 3.8) is 0 Å². The van der Waals surface area contributed by atoms with Crippen LogP contribution in [0, 0.1) is 16.2 Å². The van der Waals surface area contributed by atoms with Gasteiger partial charge in [-0.15, -0.1) is 0 Å². The second kappa shape index (κ2) is 17.2. The Hall–Kier alpha value is -6.77. The van der Waals surface area contributed by atoms with Gasteiger partial charge in [-0.3, -0.25) is 16.2 Å². The number of hydrogen-bond acceptors (Lipinski definition) is 9. The highest BCUT2D eigenvalue weighted by atomic mass is 16.4. The van der Waals surface area contributed by atoms with E-state index in [-0.39, 0.29) is 17.9 Å². The molecule has 15 nitrogen and oxygen atoms in total. The van der Waals surface area contributed by atoms with Crippen LogP contribution in [-0.2, 0) is 25.7 Å². The van der Waals surface area contributed by atoms with Crippen LogP contribution in [0.4, 0.5) is 0 Å². The molecule has 2 aromatic heterocycles. The van der Waals surface area contributed by atoms with E-state index in [1.165, 1.54) is 0 Å². The van der Waals surface area contributed by atoms with Crippen LogP contribution in [0.15, 0.2) is 94.3 Å². The van der Waals surface area contributed by atoms with Crippen LogP contribution in [-0.4, -0.2) is 54.0 Å². The molecule has 5 aromatic rings. The van der Waals surface area contributed by atoms with Crippen molar-refractivity contribution in [2.45, 2.75) is 25.7 Å². The van der Waals surface area contributed by atoms with Crippen molar-refractivity contribution in [2.24, 2.45) is 22.9 Å². The normalized spacial score (nSPS) is 10.8. The lowest BCUT2D eigenvalue weighted by atomic mass is 10.0. The summed E-state index contributed by atoms with van der Waals surface area (Å²) in [6, 6.07) is 20.0. The Kier molecular flexibility index (Phi) is 12.1. The summed E-state index contributed by atoms with van der Waals surface area (Å²) in [6.07, 6.45) is 6.09. The molecule has 0 unspecified atom stereocenters. The molecule has 0 aliphatic carbocycles. The summed E-state index contributed by atoms with van der Waals surface area (Å²) in [5.41, 5.74) is 29.6. The summed E-state index contributed by atoms with van der Waals surface area (Å²) in [6.45, 7) is 5.87. The van der Waals surface area contributed by atoms with Gasteiger partial charge in [0.25, 0.3) is 0 Å². The van der Waals surface area contributed by atoms with Gasteiger partial charge in [-0.2, -0.15) is 0 Å². The van der Waals surface area contributed by atoms with Crippen LogP contribution in [0.1, 0.15) is 22.3 Å². The average molecular weight is 704 g/mol. The maximum Gasteiger partial charge on any atom is 0.226 e. The Labute approximate surface area is 301 Å². The van der Waals surface area contributed by atoms with Crippen LogP contribution in [0.5, 0.6) is 0 Å². The van der Waals surface area contributed by atoms with E-state index in [1.54, 1.807) is 12.4 Å². The summed E-state index contributed by atoms with van der Waals surface area (Å²) < 4.78 is 12.6. The number of nitrogens with one attached hydrogen (secondary N) is 7. The minimum atomic E-state index is -0.0809. The monoisotopic (exact) mass is 703 g/mol. The average Bonchev–Trinajstić information content (AvgIpc) is 3.79. The van der Waals surface area contributed by atoms with E-state index in [9.17, 15) is 0 Å². The highest BCUT2D eigenvalue weighted by molar-refractivity contribution is 5.75. The second-order valence-corrected chi connectivity index (χ2v) is 12.2. The number of aromatic nitrogens is 2. The maximum absolute atomic E-state index is 7.47. The summed E-state index contributed by atoms with van der Waals surface area (Å²) in [4.78, 5) is 9.20. The lowest BCUT2D eigenvalue weighted by molar-refractivity contribution is 0.586. The molecule has 0 atom stereocenters. The third-order valence-electron chi connectivity index (χ3n) is 8.00. The zero-order chi connectivity index (χ0) is 37.0. The molecule has 0 saturated carbocycles. The summed E-state index contributed by atoms with van der Waals surface area (Å²) in [5.74, 6) is 2.29. The van der Waals surface area contributed by atoms with Gasteiger partial charge in [0.15, 0.2) is 29.4 Å². The predicted molar refractivity (Wildman–Crippen MR) is 204 cm³/mol. The van der Waals surface area contributed by atoms with Crippen LogP contribution in [0.25, 0.3) is 45.6 Å². The number of guanidine groups is 3. The highest BCUT2D eigenvalue weighted by Crippen LogP contribution is 2.32. The number of oxazole rings is 2. The number of rotatable bonds is 17. The lowest BCUT2D eigenvalue weighted by Gasteiger charge is -2.10. The Morgan fingerprint density at radius 3 is 1.25 bits per heavy atom. The molecular weight excluding hydrogens is 658 g/mol. The fourth-order valence-electron chi connectivity index (χ4n) is 5.65. The van der Waals surface area contributed by atoms with Crippen LogP contribution >= 0.6 is 0 Å². The zero-order valence-corrected chi connectivity index (χ0v) is 28.8. The van der Waals surface area contributed by atoms with E-state index >= 15 is 0 Å². The molecule has 0 saturated heterocycles. The van der Waals surface area contributed by atoms with Crippen molar-refractivity contribution in [3.05, 3.63) is 108 Å². The van der Waals surface area contributed by atoms with Crippen molar-refractivity contribution in [1.82, 2.24) is 31.2 Å². The Morgan fingerprint density at radius 2 is 0.904 bits per heavy atom. The van der Waals surface area contributed by atoms with Crippen molar-refractivity contribution in [3.8, 4) is 45.6 Å². The minimum absolute atomic E-state index is 0.0704. The highest BCUT2D eigenvalue weighted by Gasteiger charge is 2.15. The molecule has 52 heavy (non-hydrogen) atoms. The zero-order valence-electron chi connectivity index (χ0n) is 28.8. The molecule has 0 aliphatic rings.